The maximum Gasteiger partial charge on any atom is 0.232 e. The second-order valence-corrected chi connectivity index (χ2v) is 7.57. The van der Waals surface area contributed by atoms with Gasteiger partial charge in [-0.3, -0.25) is 9.10 Å². The number of aryl methyl sites for hydroxylation is 1. The molecule has 0 saturated heterocycles. The van der Waals surface area contributed by atoms with E-state index in [0.717, 1.165) is 18.2 Å². The number of carbonyl (C=O) groups excluding carboxylic acids is 1. The fourth-order valence-corrected chi connectivity index (χ4v) is 3.27. The van der Waals surface area contributed by atoms with Crippen LogP contribution in [0.5, 0.6) is 0 Å². The molecule has 2 aromatic carbocycles. The highest BCUT2D eigenvalue weighted by Gasteiger charge is 2.18. The number of hydrogen-bond donors (Lipinski definition) is 1. The number of rotatable bonds is 7. The van der Waals surface area contributed by atoms with Gasteiger partial charge in [0.2, 0.25) is 15.9 Å². The number of benzene rings is 2. The summed E-state index contributed by atoms with van der Waals surface area (Å²) >= 11 is 0. The monoisotopic (exact) mass is 364 g/mol. The van der Waals surface area contributed by atoms with Gasteiger partial charge in [-0.25, -0.2) is 12.8 Å². The molecule has 0 heterocycles. The second kappa shape index (κ2) is 8.11. The number of anilines is 2. The van der Waals surface area contributed by atoms with Gasteiger partial charge >= 0.3 is 0 Å². The van der Waals surface area contributed by atoms with Crippen molar-refractivity contribution in [2.75, 3.05) is 22.4 Å². The van der Waals surface area contributed by atoms with E-state index in [1.807, 2.05) is 19.1 Å². The number of nitrogens with zero attached hydrogens (tertiary/aromatic N) is 1. The van der Waals surface area contributed by atoms with E-state index in [9.17, 15) is 17.6 Å². The Morgan fingerprint density at radius 2 is 1.68 bits per heavy atom. The fraction of sp³-hybridized carbons (Fsp3) is 0.278. The van der Waals surface area contributed by atoms with Crippen LogP contribution in [0, 0.1) is 5.82 Å². The SMILES string of the molecule is CCc1ccc(N(CCC(=O)Nc2ccc(F)cc2)S(C)(=O)=O)cc1. The van der Waals surface area contributed by atoms with Crippen LogP contribution >= 0.6 is 0 Å². The number of amides is 1. The number of carbonyl (C=O) groups is 1. The van der Waals surface area contributed by atoms with Crippen molar-refractivity contribution in [3.8, 4) is 0 Å². The van der Waals surface area contributed by atoms with E-state index >= 15 is 0 Å². The van der Waals surface area contributed by atoms with Gasteiger partial charge in [0, 0.05) is 18.7 Å². The van der Waals surface area contributed by atoms with Crippen LogP contribution in [-0.2, 0) is 21.2 Å². The summed E-state index contributed by atoms with van der Waals surface area (Å²) in [6.07, 6.45) is 1.96. The van der Waals surface area contributed by atoms with E-state index < -0.39 is 15.8 Å². The molecule has 0 atom stereocenters. The summed E-state index contributed by atoms with van der Waals surface area (Å²) in [7, 11) is -3.51. The fourth-order valence-electron chi connectivity index (χ4n) is 2.34. The molecule has 0 unspecified atom stereocenters. The third-order valence-electron chi connectivity index (χ3n) is 3.70. The average molecular weight is 364 g/mol. The van der Waals surface area contributed by atoms with E-state index in [1.54, 1.807) is 12.1 Å². The van der Waals surface area contributed by atoms with Gasteiger partial charge in [0.25, 0.3) is 0 Å². The van der Waals surface area contributed by atoms with Crippen LogP contribution in [0.25, 0.3) is 0 Å². The standard InChI is InChI=1S/C18H21FN2O3S/c1-3-14-4-10-17(11-5-14)21(25(2,23)24)13-12-18(22)20-16-8-6-15(19)7-9-16/h4-11H,3,12-13H2,1-2H3,(H,20,22). The van der Waals surface area contributed by atoms with Crippen molar-refractivity contribution in [3.05, 3.63) is 59.9 Å². The van der Waals surface area contributed by atoms with E-state index in [0.29, 0.717) is 11.4 Å². The molecule has 0 aromatic heterocycles. The normalized spacial score (nSPS) is 11.2. The first-order valence-electron chi connectivity index (χ1n) is 7.91. The lowest BCUT2D eigenvalue weighted by Gasteiger charge is -2.22. The van der Waals surface area contributed by atoms with E-state index in [2.05, 4.69) is 5.32 Å². The summed E-state index contributed by atoms with van der Waals surface area (Å²) in [5, 5.41) is 2.62. The summed E-state index contributed by atoms with van der Waals surface area (Å²) in [5.74, 6) is -0.734. The molecule has 1 amide bonds. The van der Waals surface area contributed by atoms with Gasteiger partial charge in [-0.2, -0.15) is 0 Å². The molecule has 0 radical (unpaired) electrons. The van der Waals surface area contributed by atoms with Crippen molar-refractivity contribution >= 4 is 27.3 Å². The Hall–Kier alpha value is -2.41. The quantitative estimate of drug-likeness (QED) is 0.820. The van der Waals surface area contributed by atoms with Crippen molar-refractivity contribution in [2.24, 2.45) is 0 Å². The van der Waals surface area contributed by atoms with Crippen molar-refractivity contribution in [3.63, 3.8) is 0 Å². The van der Waals surface area contributed by atoms with Crippen LogP contribution < -0.4 is 9.62 Å². The van der Waals surface area contributed by atoms with Crippen LogP contribution in [0.4, 0.5) is 15.8 Å². The lowest BCUT2D eigenvalue weighted by atomic mass is 10.1. The van der Waals surface area contributed by atoms with Crippen LogP contribution in [0.15, 0.2) is 48.5 Å². The Labute approximate surface area is 147 Å². The zero-order valence-corrected chi connectivity index (χ0v) is 15.0. The number of nitrogens with one attached hydrogen (secondary N) is 1. The maximum absolute atomic E-state index is 12.9. The van der Waals surface area contributed by atoms with Crippen LogP contribution in [0.2, 0.25) is 0 Å². The third-order valence-corrected chi connectivity index (χ3v) is 4.90. The molecule has 134 valence electrons. The molecular weight excluding hydrogens is 343 g/mol. The molecule has 5 nitrogen and oxygen atoms in total. The molecule has 25 heavy (non-hydrogen) atoms. The first-order chi connectivity index (χ1) is 11.8. The Bertz CT molecular complexity index is 818. The second-order valence-electron chi connectivity index (χ2n) is 5.66. The molecule has 7 heteroatoms. The minimum absolute atomic E-state index is 0.0139. The molecule has 0 aliphatic rings. The molecule has 0 saturated carbocycles. The molecule has 0 fully saturated rings. The van der Waals surface area contributed by atoms with Gasteiger partial charge in [-0.15, -0.1) is 0 Å². The Morgan fingerprint density at radius 3 is 2.20 bits per heavy atom. The molecule has 2 rings (SSSR count). The van der Waals surface area contributed by atoms with Gasteiger partial charge in [-0.05, 0) is 48.4 Å². The number of sulfonamides is 1. The Morgan fingerprint density at radius 1 is 1.08 bits per heavy atom. The summed E-state index contributed by atoms with van der Waals surface area (Å²) in [4.78, 5) is 12.0. The lowest BCUT2D eigenvalue weighted by molar-refractivity contribution is -0.116. The molecule has 0 spiro atoms. The highest BCUT2D eigenvalue weighted by molar-refractivity contribution is 7.92. The van der Waals surface area contributed by atoms with E-state index in [-0.39, 0.29) is 18.9 Å². The van der Waals surface area contributed by atoms with Crippen LogP contribution in [0.1, 0.15) is 18.9 Å². The number of hydrogen-bond acceptors (Lipinski definition) is 3. The van der Waals surface area contributed by atoms with Crippen molar-refractivity contribution in [2.45, 2.75) is 19.8 Å². The summed E-state index contributed by atoms with van der Waals surface area (Å²) in [6.45, 7) is 2.04. The molecule has 1 N–H and O–H groups in total. The van der Waals surface area contributed by atoms with Gasteiger partial charge in [0.05, 0.1) is 11.9 Å². The topological polar surface area (TPSA) is 66.5 Å². The highest BCUT2D eigenvalue weighted by atomic mass is 32.2. The summed E-state index contributed by atoms with van der Waals surface area (Å²) in [5.41, 5.74) is 2.09. The smallest absolute Gasteiger partial charge is 0.232 e. The predicted molar refractivity (Wildman–Crippen MR) is 97.7 cm³/mol. The van der Waals surface area contributed by atoms with Crippen molar-refractivity contribution in [1.29, 1.82) is 0 Å². The molecule has 0 aliphatic heterocycles. The zero-order valence-electron chi connectivity index (χ0n) is 14.2. The lowest BCUT2D eigenvalue weighted by Crippen LogP contribution is -2.33. The average Bonchev–Trinajstić information content (AvgIpc) is 2.56. The zero-order chi connectivity index (χ0) is 18.4. The highest BCUT2D eigenvalue weighted by Crippen LogP contribution is 2.19. The maximum atomic E-state index is 12.9. The van der Waals surface area contributed by atoms with Gasteiger partial charge in [-0.1, -0.05) is 19.1 Å². The molecular formula is C18H21FN2O3S. The van der Waals surface area contributed by atoms with Gasteiger partial charge in [0.1, 0.15) is 5.82 Å². The Kier molecular flexibility index (Phi) is 6.14. The van der Waals surface area contributed by atoms with Crippen LogP contribution in [-0.4, -0.2) is 27.1 Å². The molecule has 0 aliphatic carbocycles. The Balaban J connectivity index is 2.04. The van der Waals surface area contributed by atoms with E-state index in [1.165, 1.54) is 28.6 Å². The summed E-state index contributed by atoms with van der Waals surface area (Å²) < 4.78 is 38.2. The van der Waals surface area contributed by atoms with Crippen LogP contribution in [0.3, 0.4) is 0 Å². The largest absolute Gasteiger partial charge is 0.326 e. The number of halogens is 1. The molecule has 2 aromatic rings. The first-order valence-corrected chi connectivity index (χ1v) is 9.76. The minimum Gasteiger partial charge on any atom is -0.326 e. The van der Waals surface area contributed by atoms with E-state index in [4.69, 9.17) is 0 Å². The first kappa shape index (κ1) is 18.9. The predicted octanol–water partition coefficient (Wildman–Crippen LogP) is 3.18. The van der Waals surface area contributed by atoms with Gasteiger partial charge < -0.3 is 5.32 Å². The minimum atomic E-state index is -3.51. The molecule has 0 bridgehead atoms. The third kappa shape index (κ3) is 5.56. The van der Waals surface area contributed by atoms with Crippen molar-refractivity contribution < 1.29 is 17.6 Å². The van der Waals surface area contributed by atoms with Gasteiger partial charge in [0.15, 0.2) is 0 Å². The van der Waals surface area contributed by atoms with Crippen molar-refractivity contribution in [1.82, 2.24) is 0 Å². The summed E-state index contributed by atoms with van der Waals surface area (Å²) in [6, 6.07) is 12.6.